The average Bonchev–Trinajstić information content (AvgIpc) is 2.94. The summed E-state index contributed by atoms with van der Waals surface area (Å²) < 4.78 is 5.46. The Kier molecular flexibility index (Phi) is 9.90. The molecule has 0 saturated carbocycles. The molecule has 38 heavy (non-hydrogen) atoms. The number of hydrogen-bond acceptors (Lipinski definition) is 7. The maximum atomic E-state index is 12.6. The predicted molar refractivity (Wildman–Crippen MR) is 151 cm³/mol. The number of para-hydroxylation sites is 1. The van der Waals surface area contributed by atoms with Crippen LogP contribution in [-0.2, 0) is 11.3 Å². The summed E-state index contributed by atoms with van der Waals surface area (Å²) >= 11 is 0. The van der Waals surface area contributed by atoms with Gasteiger partial charge in [0.05, 0.1) is 18.8 Å². The van der Waals surface area contributed by atoms with Crippen LogP contribution in [0.1, 0.15) is 23.1 Å². The van der Waals surface area contributed by atoms with Crippen molar-refractivity contribution < 1.29 is 9.53 Å². The summed E-state index contributed by atoms with van der Waals surface area (Å²) in [5.74, 6) is 6.80. The van der Waals surface area contributed by atoms with Crippen LogP contribution in [0, 0.1) is 11.8 Å². The molecule has 1 fully saturated rings. The van der Waals surface area contributed by atoms with Gasteiger partial charge in [-0.25, -0.2) is 14.8 Å². The van der Waals surface area contributed by atoms with Crippen LogP contribution in [0.4, 0.5) is 22.1 Å². The highest BCUT2D eigenvalue weighted by Gasteiger charge is 2.14. The fraction of sp³-hybridized carbons (Fsp3) is 0.345. The second-order valence-corrected chi connectivity index (χ2v) is 9.25. The van der Waals surface area contributed by atoms with E-state index in [1.807, 2.05) is 42.5 Å². The first kappa shape index (κ1) is 26.9. The maximum absolute atomic E-state index is 12.6. The first-order valence-electron chi connectivity index (χ1n) is 12.8. The lowest BCUT2D eigenvalue weighted by molar-refractivity contribution is 0.122. The minimum Gasteiger partial charge on any atom is -0.378 e. The molecule has 2 amide bonds. The number of aromatic nitrogens is 2. The van der Waals surface area contributed by atoms with Gasteiger partial charge in [-0.15, -0.1) is 0 Å². The molecular formula is C29H35N7O2. The van der Waals surface area contributed by atoms with Gasteiger partial charge in [0.2, 0.25) is 5.95 Å². The van der Waals surface area contributed by atoms with Gasteiger partial charge in [0.15, 0.2) is 0 Å². The van der Waals surface area contributed by atoms with E-state index in [1.165, 1.54) is 0 Å². The van der Waals surface area contributed by atoms with Gasteiger partial charge in [-0.3, -0.25) is 0 Å². The van der Waals surface area contributed by atoms with E-state index in [1.54, 1.807) is 12.4 Å². The highest BCUT2D eigenvalue weighted by atomic mass is 16.5. The minimum absolute atomic E-state index is 0.269. The second kappa shape index (κ2) is 14.0. The molecule has 1 aliphatic rings. The maximum Gasteiger partial charge on any atom is 0.319 e. The van der Waals surface area contributed by atoms with Gasteiger partial charge in [0, 0.05) is 55.5 Å². The normalized spacial score (nSPS) is 13.0. The van der Waals surface area contributed by atoms with E-state index in [-0.39, 0.29) is 6.03 Å². The van der Waals surface area contributed by atoms with Gasteiger partial charge >= 0.3 is 6.03 Å². The van der Waals surface area contributed by atoms with Gasteiger partial charge < -0.3 is 30.5 Å². The Bertz CT molecular complexity index is 1250. The largest absolute Gasteiger partial charge is 0.378 e. The summed E-state index contributed by atoms with van der Waals surface area (Å²) in [4.78, 5) is 25.7. The summed E-state index contributed by atoms with van der Waals surface area (Å²) in [5.41, 5.74) is 4.38. The number of carbonyl (C=O) groups excluding carboxylic acids is 1. The number of anilines is 3. The Labute approximate surface area is 224 Å². The summed E-state index contributed by atoms with van der Waals surface area (Å²) in [6.45, 7) is 5.39. The van der Waals surface area contributed by atoms with E-state index >= 15 is 0 Å². The summed E-state index contributed by atoms with van der Waals surface area (Å²) in [6, 6.07) is 15.3. The second-order valence-electron chi connectivity index (χ2n) is 9.25. The van der Waals surface area contributed by atoms with Gasteiger partial charge in [-0.05, 0) is 56.9 Å². The predicted octanol–water partition coefficient (Wildman–Crippen LogP) is 3.40. The standard InChI is InChI=1S/C29H35N7O2/c1-35(2)14-6-13-30-28-31-20-24(21-32-28)12-11-23-7-5-9-26(19-23)34-29(37)33-22-25-8-3-4-10-27(25)36-15-17-38-18-16-36/h3-5,7-10,19-21H,6,13-18,22H2,1-2H3,(H,30,31,32)(H2,33,34,37). The monoisotopic (exact) mass is 513 g/mol. The lowest BCUT2D eigenvalue weighted by atomic mass is 10.1. The Morgan fingerprint density at radius 3 is 2.58 bits per heavy atom. The minimum atomic E-state index is -0.269. The van der Waals surface area contributed by atoms with E-state index in [0.717, 1.165) is 55.0 Å². The van der Waals surface area contributed by atoms with Crippen molar-refractivity contribution in [2.75, 3.05) is 69.0 Å². The van der Waals surface area contributed by atoms with E-state index in [4.69, 9.17) is 4.74 Å². The molecule has 1 saturated heterocycles. The number of urea groups is 1. The highest BCUT2D eigenvalue weighted by Crippen LogP contribution is 2.21. The van der Waals surface area contributed by atoms with Crippen LogP contribution < -0.4 is 20.9 Å². The van der Waals surface area contributed by atoms with E-state index in [2.05, 4.69) is 67.7 Å². The molecule has 198 valence electrons. The van der Waals surface area contributed by atoms with Crippen LogP contribution in [0.5, 0.6) is 0 Å². The van der Waals surface area contributed by atoms with E-state index in [0.29, 0.717) is 31.4 Å². The van der Waals surface area contributed by atoms with Crippen LogP contribution in [0.25, 0.3) is 0 Å². The van der Waals surface area contributed by atoms with Crippen molar-refractivity contribution in [3.63, 3.8) is 0 Å². The van der Waals surface area contributed by atoms with Crippen LogP contribution in [0.3, 0.4) is 0 Å². The SMILES string of the molecule is CN(C)CCCNc1ncc(C#Cc2cccc(NC(=O)NCc3ccccc3N3CCOCC3)c2)cn1. The Hall–Kier alpha value is -4.13. The van der Waals surface area contributed by atoms with Gasteiger partial charge in [-0.1, -0.05) is 36.1 Å². The molecule has 3 N–H and O–H groups in total. The van der Waals surface area contributed by atoms with Crippen molar-refractivity contribution in [1.82, 2.24) is 20.2 Å². The first-order valence-corrected chi connectivity index (χ1v) is 12.8. The Morgan fingerprint density at radius 1 is 1.03 bits per heavy atom. The highest BCUT2D eigenvalue weighted by molar-refractivity contribution is 5.89. The molecule has 3 aromatic rings. The number of amides is 2. The molecule has 0 bridgehead atoms. The molecule has 4 rings (SSSR count). The van der Waals surface area contributed by atoms with Crippen molar-refractivity contribution in [3.8, 4) is 11.8 Å². The molecule has 2 aromatic carbocycles. The van der Waals surface area contributed by atoms with Crippen molar-refractivity contribution in [2.45, 2.75) is 13.0 Å². The van der Waals surface area contributed by atoms with Crippen molar-refractivity contribution in [3.05, 3.63) is 77.6 Å². The third-order valence-corrected chi connectivity index (χ3v) is 5.97. The molecule has 1 aliphatic heterocycles. The average molecular weight is 514 g/mol. The molecule has 0 spiro atoms. The van der Waals surface area contributed by atoms with E-state index < -0.39 is 0 Å². The van der Waals surface area contributed by atoms with Crippen molar-refractivity contribution >= 4 is 23.4 Å². The zero-order chi connectivity index (χ0) is 26.6. The molecule has 2 heterocycles. The van der Waals surface area contributed by atoms with Gasteiger partial charge in [0.25, 0.3) is 0 Å². The molecule has 9 nitrogen and oxygen atoms in total. The van der Waals surface area contributed by atoms with Gasteiger partial charge in [-0.2, -0.15) is 0 Å². The number of hydrogen-bond donors (Lipinski definition) is 3. The number of benzene rings is 2. The Balaban J connectivity index is 1.29. The summed E-state index contributed by atoms with van der Waals surface area (Å²) in [7, 11) is 4.11. The van der Waals surface area contributed by atoms with Crippen LogP contribution in [0.2, 0.25) is 0 Å². The molecule has 0 atom stereocenters. The lowest BCUT2D eigenvalue weighted by Gasteiger charge is -2.30. The fourth-order valence-corrected chi connectivity index (χ4v) is 4.02. The number of nitrogens with one attached hydrogen (secondary N) is 3. The van der Waals surface area contributed by atoms with Crippen LogP contribution in [0.15, 0.2) is 60.9 Å². The van der Waals surface area contributed by atoms with Crippen LogP contribution in [-0.4, -0.2) is 74.4 Å². The third kappa shape index (κ3) is 8.47. The van der Waals surface area contributed by atoms with Crippen molar-refractivity contribution in [1.29, 1.82) is 0 Å². The van der Waals surface area contributed by atoms with Gasteiger partial charge in [0.1, 0.15) is 0 Å². The smallest absolute Gasteiger partial charge is 0.319 e. The molecule has 0 unspecified atom stereocenters. The first-order chi connectivity index (χ1) is 18.6. The third-order valence-electron chi connectivity index (χ3n) is 5.97. The molecular weight excluding hydrogens is 478 g/mol. The van der Waals surface area contributed by atoms with Crippen LogP contribution >= 0.6 is 0 Å². The topological polar surface area (TPSA) is 94.6 Å². The molecule has 9 heteroatoms. The molecule has 1 aromatic heterocycles. The zero-order valence-electron chi connectivity index (χ0n) is 22.0. The summed E-state index contributed by atoms with van der Waals surface area (Å²) in [6.07, 6.45) is 4.43. The quantitative estimate of drug-likeness (QED) is 0.298. The number of carbonyl (C=O) groups is 1. The fourth-order valence-electron chi connectivity index (χ4n) is 4.02. The summed E-state index contributed by atoms with van der Waals surface area (Å²) in [5, 5.41) is 9.08. The zero-order valence-corrected chi connectivity index (χ0v) is 22.0. The van der Waals surface area contributed by atoms with E-state index in [9.17, 15) is 4.79 Å². The van der Waals surface area contributed by atoms with Crippen molar-refractivity contribution in [2.24, 2.45) is 0 Å². The molecule has 0 aliphatic carbocycles. The number of rotatable bonds is 9. The number of nitrogens with zero attached hydrogens (tertiary/aromatic N) is 4. The molecule has 0 radical (unpaired) electrons. The number of morpholine rings is 1. The Morgan fingerprint density at radius 2 is 1.79 bits per heavy atom. The lowest BCUT2D eigenvalue weighted by Crippen LogP contribution is -2.37. The number of ether oxygens (including phenoxy) is 1.